The van der Waals surface area contributed by atoms with Crippen molar-refractivity contribution in [3.63, 3.8) is 0 Å². The summed E-state index contributed by atoms with van der Waals surface area (Å²) >= 11 is 0. The number of non-ortho nitro benzene ring substituents is 1. The third-order valence-electron chi connectivity index (χ3n) is 4.16. The molecule has 0 spiro atoms. The van der Waals surface area contributed by atoms with Gasteiger partial charge in [0.2, 0.25) is 0 Å². The van der Waals surface area contributed by atoms with Gasteiger partial charge in [-0.15, -0.1) is 0 Å². The zero-order valence-electron chi connectivity index (χ0n) is 13.3. The summed E-state index contributed by atoms with van der Waals surface area (Å²) in [6, 6.07) is 16.1. The Morgan fingerprint density at radius 2 is 1.81 bits per heavy atom. The normalized spacial score (nSPS) is 16.1. The first-order valence-electron chi connectivity index (χ1n) is 7.77. The van der Waals surface area contributed by atoms with Crippen LogP contribution in [0.4, 0.5) is 11.4 Å². The number of rotatable bonds is 3. The van der Waals surface area contributed by atoms with E-state index in [1.165, 1.54) is 12.1 Å². The lowest BCUT2D eigenvalue weighted by Gasteiger charge is -2.31. The molecule has 0 fully saturated rings. The minimum atomic E-state index is -0.871. The van der Waals surface area contributed by atoms with Gasteiger partial charge in [0.25, 0.3) is 11.6 Å². The summed E-state index contributed by atoms with van der Waals surface area (Å²) in [7, 11) is 0. The number of hydroxylamine groups is 2. The number of hydrogen-bond acceptors (Lipinski definition) is 6. The predicted molar refractivity (Wildman–Crippen MR) is 91.6 cm³/mol. The van der Waals surface area contributed by atoms with Crippen LogP contribution in [-0.2, 0) is 0 Å². The van der Waals surface area contributed by atoms with Crippen LogP contribution in [0, 0.1) is 10.1 Å². The molecule has 1 unspecified atom stereocenters. The van der Waals surface area contributed by atoms with E-state index in [9.17, 15) is 20.1 Å². The van der Waals surface area contributed by atoms with E-state index in [0.717, 1.165) is 0 Å². The van der Waals surface area contributed by atoms with Gasteiger partial charge in [-0.3, -0.25) is 20.1 Å². The van der Waals surface area contributed by atoms with Gasteiger partial charge in [-0.2, -0.15) is 5.06 Å². The van der Waals surface area contributed by atoms with E-state index in [1.807, 2.05) is 0 Å². The number of fused-ring (bicyclic) bond motifs is 1. The average Bonchev–Trinajstić information content (AvgIpc) is 3.14. The largest absolute Gasteiger partial charge is 0.457 e. The van der Waals surface area contributed by atoms with Crippen molar-refractivity contribution < 1.29 is 19.3 Å². The number of nitro benzene ring substituents is 1. The topological polar surface area (TPSA) is 109 Å². The van der Waals surface area contributed by atoms with Crippen molar-refractivity contribution in [2.45, 2.75) is 6.17 Å². The fraction of sp³-hybridized carbons (Fsp3) is 0.0556. The molecule has 2 heterocycles. The van der Waals surface area contributed by atoms with Gasteiger partial charge in [-0.1, -0.05) is 12.1 Å². The highest BCUT2D eigenvalue weighted by Gasteiger charge is 2.34. The second-order valence-electron chi connectivity index (χ2n) is 5.75. The fourth-order valence-corrected chi connectivity index (χ4v) is 2.84. The number of nitrogens with zero attached hydrogens (tertiary/aromatic N) is 2. The van der Waals surface area contributed by atoms with Gasteiger partial charge in [-0.25, -0.2) is 0 Å². The van der Waals surface area contributed by atoms with Crippen LogP contribution in [-0.4, -0.2) is 21.1 Å². The van der Waals surface area contributed by atoms with Crippen LogP contribution in [0.15, 0.2) is 65.1 Å². The van der Waals surface area contributed by atoms with E-state index in [2.05, 4.69) is 5.32 Å². The molecule has 4 rings (SSSR count). The highest BCUT2D eigenvalue weighted by atomic mass is 16.6. The van der Waals surface area contributed by atoms with E-state index in [1.54, 1.807) is 48.5 Å². The highest BCUT2D eigenvalue weighted by molar-refractivity contribution is 6.00. The average molecular weight is 351 g/mol. The van der Waals surface area contributed by atoms with Crippen LogP contribution >= 0.6 is 0 Å². The molecule has 0 saturated heterocycles. The van der Waals surface area contributed by atoms with Gasteiger partial charge in [-0.05, 0) is 36.4 Å². The third-order valence-corrected chi connectivity index (χ3v) is 4.16. The fourth-order valence-electron chi connectivity index (χ4n) is 2.84. The van der Waals surface area contributed by atoms with Gasteiger partial charge < -0.3 is 9.73 Å². The van der Waals surface area contributed by atoms with E-state index in [0.29, 0.717) is 33.4 Å². The minimum Gasteiger partial charge on any atom is -0.457 e. The van der Waals surface area contributed by atoms with E-state index in [-0.39, 0.29) is 5.69 Å². The summed E-state index contributed by atoms with van der Waals surface area (Å²) in [5.74, 6) is 0.276. The molecule has 1 aliphatic rings. The summed E-state index contributed by atoms with van der Waals surface area (Å²) in [4.78, 5) is 22.6. The second kappa shape index (κ2) is 6.01. The molecule has 0 radical (unpaired) electrons. The molecule has 1 aromatic heterocycles. The quantitative estimate of drug-likeness (QED) is 0.422. The maximum absolute atomic E-state index is 12.3. The lowest BCUT2D eigenvalue weighted by molar-refractivity contribution is -0.384. The zero-order valence-corrected chi connectivity index (χ0v) is 13.3. The molecule has 2 N–H and O–H groups in total. The van der Waals surface area contributed by atoms with Crippen LogP contribution in [0.3, 0.4) is 0 Å². The van der Waals surface area contributed by atoms with E-state index >= 15 is 0 Å². The summed E-state index contributed by atoms with van der Waals surface area (Å²) in [5.41, 5.74) is 1.60. The van der Waals surface area contributed by atoms with Gasteiger partial charge in [0, 0.05) is 23.4 Å². The molecule has 26 heavy (non-hydrogen) atoms. The second-order valence-corrected chi connectivity index (χ2v) is 5.75. The van der Waals surface area contributed by atoms with Gasteiger partial charge in [0.15, 0.2) is 6.17 Å². The van der Waals surface area contributed by atoms with Gasteiger partial charge >= 0.3 is 0 Å². The van der Waals surface area contributed by atoms with Crippen molar-refractivity contribution in [2.24, 2.45) is 0 Å². The summed E-state index contributed by atoms with van der Waals surface area (Å²) in [5, 5.41) is 24.6. The Morgan fingerprint density at radius 3 is 2.54 bits per heavy atom. The number of anilines is 1. The van der Waals surface area contributed by atoms with Crippen molar-refractivity contribution in [1.82, 2.24) is 5.06 Å². The molecule has 1 amide bonds. The Morgan fingerprint density at radius 1 is 1.08 bits per heavy atom. The highest BCUT2D eigenvalue weighted by Crippen LogP contribution is 2.34. The van der Waals surface area contributed by atoms with E-state index < -0.39 is 17.0 Å². The molecule has 3 aromatic rings. The van der Waals surface area contributed by atoms with Crippen LogP contribution in [0.5, 0.6) is 0 Å². The molecule has 8 nitrogen and oxygen atoms in total. The summed E-state index contributed by atoms with van der Waals surface area (Å²) in [6.45, 7) is 0. The van der Waals surface area contributed by atoms with Crippen LogP contribution in [0.2, 0.25) is 0 Å². The van der Waals surface area contributed by atoms with Crippen LogP contribution in [0.1, 0.15) is 22.3 Å². The number of benzene rings is 2. The molecule has 8 heteroatoms. The SMILES string of the molecule is O=C1c2ccccc2NC(c2ccc(-c3ccc([N+](=O)[O-])cc3)o2)N1O. The summed E-state index contributed by atoms with van der Waals surface area (Å²) in [6.07, 6.45) is -0.871. The predicted octanol–water partition coefficient (Wildman–Crippen LogP) is 3.81. The van der Waals surface area contributed by atoms with E-state index in [4.69, 9.17) is 4.42 Å². The lowest BCUT2D eigenvalue weighted by Crippen LogP contribution is -2.40. The molecule has 0 bridgehead atoms. The number of furan rings is 1. The monoisotopic (exact) mass is 351 g/mol. The lowest BCUT2D eigenvalue weighted by atomic mass is 10.1. The Hall–Kier alpha value is -3.65. The minimum absolute atomic E-state index is 0.0155. The smallest absolute Gasteiger partial charge is 0.281 e. The molecule has 0 aliphatic carbocycles. The molecular formula is C18H13N3O5. The number of carbonyl (C=O) groups excluding carboxylic acids is 1. The number of carbonyl (C=O) groups is 1. The Labute approximate surface area is 147 Å². The first-order chi connectivity index (χ1) is 12.5. The Kier molecular flexibility index (Phi) is 3.67. The zero-order chi connectivity index (χ0) is 18.3. The van der Waals surface area contributed by atoms with Crippen molar-refractivity contribution in [2.75, 3.05) is 5.32 Å². The van der Waals surface area contributed by atoms with Gasteiger partial charge in [0.1, 0.15) is 11.5 Å². The molecule has 0 saturated carbocycles. The van der Waals surface area contributed by atoms with Crippen molar-refractivity contribution in [1.29, 1.82) is 0 Å². The number of nitro groups is 1. The summed E-state index contributed by atoms with van der Waals surface area (Å²) < 4.78 is 5.76. The third kappa shape index (κ3) is 2.58. The number of para-hydroxylation sites is 1. The Bertz CT molecular complexity index is 996. The van der Waals surface area contributed by atoms with Crippen LogP contribution in [0.25, 0.3) is 11.3 Å². The Balaban J connectivity index is 1.64. The number of hydrogen-bond donors (Lipinski definition) is 2. The first-order valence-corrected chi connectivity index (χ1v) is 7.77. The van der Waals surface area contributed by atoms with Crippen molar-refractivity contribution in [3.05, 3.63) is 82.1 Å². The number of nitrogens with one attached hydrogen (secondary N) is 1. The molecule has 2 aromatic carbocycles. The van der Waals surface area contributed by atoms with Crippen molar-refractivity contribution in [3.8, 4) is 11.3 Å². The van der Waals surface area contributed by atoms with Gasteiger partial charge in [0.05, 0.1) is 10.5 Å². The molecular weight excluding hydrogens is 338 g/mol. The van der Waals surface area contributed by atoms with Crippen LogP contribution < -0.4 is 5.32 Å². The maximum Gasteiger partial charge on any atom is 0.281 e. The molecule has 130 valence electrons. The molecule has 1 aliphatic heterocycles. The molecule has 1 atom stereocenters. The van der Waals surface area contributed by atoms with Crippen molar-refractivity contribution >= 4 is 17.3 Å². The maximum atomic E-state index is 12.3. The first kappa shape index (κ1) is 15.9. The number of amides is 1. The standard InChI is InChI=1S/C18H13N3O5/c22-18-13-3-1-2-4-14(13)19-17(20(18)23)16-10-9-15(26-16)11-5-7-12(8-6-11)21(24)25/h1-10,17,19,23H.